The molecule has 154 valence electrons. The third kappa shape index (κ3) is 3.49. The molecular weight excluding hydrogens is 589 g/mol. The molecule has 3 heterocycles. The van der Waals surface area contributed by atoms with Gasteiger partial charge in [-0.3, -0.25) is 0 Å². The second kappa shape index (κ2) is 8.05. The Hall–Kier alpha value is -2.20. The molecule has 0 atom stereocenters. The molecule has 3 aromatic rings. The number of thiophene rings is 1. The van der Waals surface area contributed by atoms with Gasteiger partial charge >= 0.3 is 205 Å². The number of benzene rings is 2. The molecule has 1 fully saturated rings. The zero-order valence-electron chi connectivity index (χ0n) is 16.7. The zero-order valence-corrected chi connectivity index (χ0v) is 21.6. The van der Waals surface area contributed by atoms with Gasteiger partial charge in [-0.2, -0.15) is 0 Å². The molecule has 0 N–H and O–H groups in total. The Morgan fingerprint density at radius 1 is 0.839 bits per heavy atom. The van der Waals surface area contributed by atoms with Crippen molar-refractivity contribution in [1.29, 1.82) is 0 Å². The maximum absolute atomic E-state index is 12.7. The molecule has 0 spiro atoms. The number of likely N-dealkylation sites (N-methyl/N-ethyl adjacent to an activating group) is 2. The van der Waals surface area contributed by atoms with Crippen LogP contribution in [0.4, 0.5) is 16.4 Å². The summed E-state index contributed by atoms with van der Waals surface area (Å²) in [7, 11) is 3.39. The Balaban J connectivity index is 1.57. The fourth-order valence-electron chi connectivity index (χ4n) is 3.60. The van der Waals surface area contributed by atoms with Gasteiger partial charge in [-0.05, 0) is 0 Å². The summed E-state index contributed by atoms with van der Waals surface area (Å²) in [6, 6.07) is 21.0. The van der Waals surface area contributed by atoms with Crippen LogP contribution in [0.1, 0.15) is 4.88 Å². The fourth-order valence-corrected chi connectivity index (χ4v) is 7.27. The first-order valence-corrected chi connectivity index (χ1v) is 13.2. The Morgan fingerprint density at radius 3 is 1.97 bits per heavy atom. The van der Waals surface area contributed by atoms with Gasteiger partial charge in [0.05, 0.1) is 0 Å². The number of hydrogen-bond donors (Lipinski definition) is 0. The van der Waals surface area contributed by atoms with Crippen molar-refractivity contribution in [2.75, 3.05) is 19.0 Å². The minimum absolute atomic E-state index is 0.188. The average Bonchev–Trinajstić information content (AvgIpc) is 3.25. The molecule has 2 aliphatic rings. The van der Waals surface area contributed by atoms with Gasteiger partial charge in [-0.15, -0.1) is 0 Å². The first kappa shape index (κ1) is 20.7. The molecule has 0 radical (unpaired) electrons. The number of hydrogen-bond acceptors (Lipinski definition) is 4. The number of para-hydroxylation sites is 2. The Bertz CT molecular complexity index is 1210. The van der Waals surface area contributed by atoms with Crippen LogP contribution >= 0.6 is 11.3 Å². The predicted octanol–water partition coefficient (Wildman–Crippen LogP) is 1.76. The van der Waals surface area contributed by atoms with Gasteiger partial charge < -0.3 is 0 Å². The number of amides is 2. The number of nitrogens with zero attached hydrogens (tertiary/aromatic N) is 3. The summed E-state index contributed by atoms with van der Waals surface area (Å²) in [6.07, 6.45) is 1.71. The van der Waals surface area contributed by atoms with E-state index >= 15 is 0 Å². The van der Waals surface area contributed by atoms with Crippen molar-refractivity contribution >= 4 is 95.1 Å². The summed E-state index contributed by atoms with van der Waals surface area (Å²) < 4.78 is 3.32. The van der Waals surface area contributed by atoms with E-state index in [0.717, 1.165) is 9.88 Å². The van der Waals surface area contributed by atoms with Crippen LogP contribution in [0.15, 0.2) is 66.2 Å². The normalized spacial score (nSPS) is 15.9. The van der Waals surface area contributed by atoms with E-state index in [4.69, 9.17) is 0 Å². The van der Waals surface area contributed by atoms with E-state index in [2.05, 4.69) is 59.5 Å². The Labute approximate surface area is 203 Å². The molecule has 5 rings (SSSR count). The van der Waals surface area contributed by atoms with Crippen LogP contribution in [0.2, 0.25) is 0 Å². The number of carbonyl (C=O) groups is 2. The van der Waals surface area contributed by atoms with Gasteiger partial charge in [0.15, 0.2) is 0 Å². The van der Waals surface area contributed by atoms with Crippen molar-refractivity contribution in [1.82, 2.24) is 9.80 Å². The molecule has 0 unspecified atom stereocenters. The van der Waals surface area contributed by atoms with Crippen molar-refractivity contribution in [3.8, 4) is 0 Å². The van der Waals surface area contributed by atoms with E-state index in [0.29, 0.717) is 3.80 Å². The zero-order chi connectivity index (χ0) is 21.7. The average molecular weight is 606 g/mol. The summed E-state index contributed by atoms with van der Waals surface area (Å²) in [4.78, 5) is 31.6. The second-order valence-electron chi connectivity index (χ2n) is 7.12. The van der Waals surface area contributed by atoms with Gasteiger partial charge in [-0.25, -0.2) is 0 Å². The molecule has 8 heteroatoms. The molecule has 1 aromatic heterocycles. The number of fused-ring (bicyclic) bond motifs is 2. The van der Waals surface area contributed by atoms with Gasteiger partial charge in [0, 0.05) is 0 Å². The predicted molar refractivity (Wildman–Crippen MR) is 128 cm³/mol. The third-order valence-corrected chi connectivity index (χ3v) is 10.1. The van der Waals surface area contributed by atoms with E-state index in [-0.39, 0.29) is 32.3 Å². The molecule has 2 aliphatic heterocycles. The van der Waals surface area contributed by atoms with Crippen molar-refractivity contribution in [3.63, 3.8) is 0 Å². The summed E-state index contributed by atoms with van der Waals surface area (Å²) in [5.41, 5.74) is 2.57. The van der Waals surface area contributed by atoms with Crippen molar-refractivity contribution in [2.45, 2.75) is 0 Å². The number of anilines is 3. The van der Waals surface area contributed by atoms with Crippen LogP contribution in [0, 0.1) is 0 Å². The van der Waals surface area contributed by atoms with Crippen molar-refractivity contribution < 1.29 is 9.59 Å². The second-order valence-corrected chi connectivity index (χ2v) is 11.5. The molecule has 2 aromatic carbocycles. The first-order chi connectivity index (χ1) is 15.0. The molecule has 5 nitrogen and oxygen atoms in total. The maximum atomic E-state index is 12.7. The third-order valence-electron chi connectivity index (χ3n) is 5.20. The summed E-state index contributed by atoms with van der Waals surface area (Å²) >= 11 is 3.52. The van der Waals surface area contributed by atoms with E-state index in [1.165, 1.54) is 30.1 Å². The summed E-state index contributed by atoms with van der Waals surface area (Å²) in [6.45, 7) is 0. The monoisotopic (exact) mass is 609 g/mol. The van der Waals surface area contributed by atoms with Crippen LogP contribution < -0.4 is 13.8 Å². The van der Waals surface area contributed by atoms with Gasteiger partial charge in [0.25, 0.3) is 0 Å². The molecule has 0 aliphatic carbocycles. The SMILES string of the molecule is CN1C(=O)C(=Cc2ccc(N3c4ccccc4[Se]c4ccccc43)s2)C(=O)N(C)C1=[Te]. The standard InChI is InChI=1S/C23H17N3O2SSeTe/c1-24-21(27)15(22(28)25(2)23(24)31)13-14-11-12-20(29-14)26-16-7-3-5-9-18(16)30-19-10-6-4-8-17(19)26/h3-13H,1-2H3. The summed E-state index contributed by atoms with van der Waals surface area (Å²) in [5, 5.41) is 1.06. The minimum atomic E-state index is -0.269. The quantitative estimate of drug-likeness (QED) is 0.199. The van der Waals surface area contributed by atoms with Crippen LogP contribution in [0.3, 0.4) is 0 Å². The van der Waals surface area contributed by atoms with Crippen LogP contribution in [0.5, 0.6) is 0 Å². The number of rotatable bonds is 2. The van der Waals surface area contributed by atoms with Crippen LogP contribution in [-0.2, 0) is 9.59 Å². The molecule has 2 amide bonds. The molecule has 1 saturated heterocycles. The first-order valence-electron chi connectivity index (χ1n) is 9.53. The Kier molecular flexibility index (Phi) is 5.37. The van der Waals surface area contributed by atoms with Gasteiger partial charge in [-0.1, -0.05) is 0 Å². The number of carbonyl (C=O) groups excluding carboxylic acids is 2. The van der Waals surface area contributed by atoms with E-state index < -0.39 is 0 Å². The summed E-state index contributed by atoms with van der Waals surface area (Å²) in [5.74, 6) is -0.538. The van der Waals surface area contributed by atoms with Crippen LogP contribution in [0.25, 0.3) is 6.08 Å². The van der Waals surface area contributed by atoms with Crippen LogP contribution in [-0.4, -0.2) is 76.3 Å². The van der Waals surface area contributed by atoms with Crippen molar-refractivity contribution in [3.05, 3.63) is 71.1 Å². The topological polar surface area (TPSA) is 43.9 Å². The van der Waals surface area contributed by atoms with Gasteiger partial charge in [0.1, 0.15) is 0 Å². The van der Waals surface area contributed by atoms with Crippen molar-refractivity contribution in [2.24, 2.45) is 0 Å². The molecular formula is C23H17N3O2SSeTe. The van der Waals surface area contributed by atoms with E-state index in [9.17, 15) is 9.59 Å². The molecule has 0 bridgehead atoms. The van der Waals surface area contributed by atoms with E-state index in [1.54, 1.807) is 53.3 Å². The van der Waals surface area contributed by atoms with E-state index in [1.807, 2.05) is 6.07 Å². The Morgan fingerprint density at radius 2 is 1.39 bits per heavy atom. The molecule has 0 saturated carbocycles. The molecule has 31 heavy (non-hydrogen) atoms. The fraction of sp³-hybridized carbons (Fsp3) is 0.0870. The van der Waals surface area contributed by atoms with Gasteiger partial charge in [0.2, 0.25) is 0 Å².